The molecule has 5 nitrogen and oxygen atoms in total. The van der Waals surface area contributed by atoms with E-state index in [1.807, 2.05) is 36.0 Å². The van der Waals surface area contributed by atoms with Gasteiger partial charge in [-0.2, -0.15) is 0 Å². The highest BCUT2D eigenvalue weighted by Crippen LogP contribution is 2.38. The molecule has 0 amide bonds. The number of anilines is 1. The SMILES string of the molecule is CNc1ccn2cc(-c3cc(Cl)c(OC)cc3OC)nc2c1. The van der Waals surface area contributed by atoms with Crippen molar-refractivity contribution in [2.24, 2.45) is 0 Å². The van der Waals surface area contributed by atoms with Crippen LogP contribution in [0.5, 0.6) is 11.5 Å². The monoisotopic (exact) mass is 317 g/mol. The van der Waals surface area contributed by atoms with Crippen LogP contribution >= 0.6 is 11.6 Å². The van der Waals surface area contributed by atoms with Crippen LogP contribution < -0.4 is 14.8 Å². The van der Waals surface area contributed by atoms with Gasteiger partial charge in [-0.25, -0.2) is 4.98 Å². The maximum absolute atomic E-state index is 6.23. The second kappa shape index (κ2) is 5.77. The molecular weight excluding hydrogens is 302 g/mol. The summed E-state index contributed by atoms with van der Waals surface area (Å²) < 4.78 is 12.6. The number of pyridine rings is 1. The molecule has 1 aromatic carbocycles. The molecule has 114 valence electrons. The van der Waals surface area contributed by atoms with E-state index in [1.165, 1.54) is 0 Å². The molecule has 0 radical (unpaired) electrons. The van der Waals surface area contributed by atoms with Crippen molar-refractivity contribution in [1.29, 1.82) is 0 Å². The third kappa shape index (κ3) is 2.44. The van der Waals surface area contributed by atoms with Crippen molar-refractivity contribution in [3.8, 4) is 22.8 Å². The summed E-state index contributed by atoms with van der Waals surface area (Å²) in [5.41, 5.74) is 3.46. The molecule has 2 aromatic heterocycles. The van der Waals surface area contributed by atoms with Crippen LogP contribution in [0.15, 0.2) is 36.7 Å². The highest BCUT2D eigenvalue weighted by molar-refractivity contribution is 6.32. The zero-order valence-corrected chi connectivity index (χ0v) is 13.3. The smallest absolute Gasteiger partial charge is 0.141 e. The number of nitrogens with zero attached hydrogens (tertiary/aromatic N) is 2. The van der Waals surface area contributed by atoms with E-state index in [1.54, 1.807) is 26.4 Å². The van der Waals surface area contributed by atoms with E-state index in [-0.39, 0.29) is 0 Å². The minimum Gasteiger partial charge on any atom is -0.496 e. The van der Waals surface area contributed by atoms with E-state index in [0.717, 1.165) is 22.6 Å². The fraction of sp³-hybridized carbons (Fsp3) is 0.188. The molecule has 6 heteroatoms. The lowest BCUT2D eigenvalue weighted by atomic mass is 10.1. The van der Waals surface area contributed by atoms with E-state index in [0.29, 0.717) is 16.5 Å². The average Bonchev–Trinajstić information content (AvgIpc) is 2.97. The molecule has 0 aliphatic heterocycles. The summed E-state index contributed by atoms with van der Waals surface area (Å²) in [6.07, 6.45) is 3.89. The van der Waals surface area contributed by atoms with Crippen molar-refractivity contribution in [2.45, 2.75) is 0 Å². The van der Waals surface area contributed by atoms with Crippen molar-refractivity contribution in [2.75, 3.05) is 26.6 Å². The van der Waals surface area contributed by atoms with Crippen molar-refractivity contribution < 1.29 is 9.47 Å². The van der Waals surface area contributed by atoms with Gasteiger partial charge in [0.25, 0.3) is 0 Å². The van der Waals surface area contributed by atoms with E-state index < -0.39 is 0 Å². The van der Waals surface area contributed by atoms with E-state index in [4.69, 9.17) is 21.1 Å². The van der Waals surface area contributed by atoms with Crippen molar-refractivity contribution in [3.63, 3.8) is 0 Å². The van der Waals surface area contributed by atoms with Gasteiger partial charge in [0.15, 0.2) is 0 Å². The highest BCUT2D eigenvalue weighted by atomic mass is 35.5. The second-order valence-electron chi connectivity index (χ2n) is 4.74. The molecule has 0 saturated carbocycles. The third-order valence-electron chi connectivity index (χ3n) is 3.50. The van der Waals surface area contributed by atoms with Gasteiger partial charge < -0.3 is 19.2 Å². The first-order chi connectivity index (χ1) is 10.7. The Hall–Kier alpha value is -2.40. The lowest BCUT2D eigenvalue weighted by molar-refractivity contribution is 0.395. The zero-order chi connectivity index (χ0) is 15.7. The highest BCUT2D eigenvalue weighted by Gasteiger charge is 2.14. The Morgan fingerprint density at radius 1 is 1.14 bits per heavy atom. The van der Waals surface area contributed by atoms with Crippen LogP contribution in [-0.2, 0) is 0 Å². The van der Waals surface area contributed by atoms with Gasteiger partial charge in [-0.15, -0.1) is 0 Å². The Balaban J connectivity index is 2.16. The summed E-state index contributed by atoms with van der Waals surface area (Å²) in [4.78, 5) is 4.64. The Kier molecular flexibility index (Phi) is 3.81. The molecule has 0 bridgehead atoms. The van der Waals surface area contributed by atoms with Crippen LogP contribution in [0.4, 0.5) is 5.69 Å². The van der Waals surface area contributed by atoms with Gasteiger partial charge in [0, 0.05) is 42.8 Å². The number of methoxy groups -OCH3 is 2. The van der Waals surface area contributed by atoms with Crippen molar-refractivity contribution in [3.05, 3.63) is 41.7 Å². The zero-order valence-electron chi connectivity index (χ0n) is 12.6. The summed E-state index contributed by atoms with van der Waals surface area (Å²) >= 11 is 6.23. The molecule has 1 N–H and O–H groups in total. The molecule has 3 aromatic rings. The first-order valence-electron chi connectivity index (χ1n) is 6.74. The van der Waals surface area contributed by atoms with E-state index >= 15 is 0 Å². The van der Waals surface area contributed by atoms with Crippen molar-refractivity contribution >= 4 is 22.9 Å². The van der Waals surface area contributed by atoms with Crippen molar-refractivity contribution in [1.82, 2.24) is 9.38 Å². The molecule has 0 spiro atoms. The van der Waals surface area contributed by atoms with Gasteiger partial charge >= 0.3 is 0 Å². The maximum atomic E-state index is 6.23. The molecule has 2 heterocycles. The minimum absolute atomic E-state index is 0.520. The minimum atomic E-state index is 0.520. The van der Waals surface area contributed by atoms with Crippen LogP contribution in [-0.4, -0.2) is 30.7 Å². The summed E-state index contributed by atoms with van der Waals surface area (Å²) in [5, 5.41) is 3.62. The number of benzene rings is 1. The van der Waals surface area contributed by atoms with Gasteiger partial charge in [0.05, 0.1) is 24.9 Å². The Bertz CT molecular complexity index is 830. The quantitative estimate of drug-likeness (QED) is 0.797. The largest absolute Gasteiger partial charge is 0.496 e. The van der Waals surface area contributed by atoms with Crippen LogP contribution in [0.3, 0.4) is 0 Å². The third-order valence-corrected chi connectivity index (χ3v) is 3.79. The number of fused-ring (bicyclic) bond motifs is 1. The van der Waals surface area contributed by atoms with Gasteiger partial charge in [-0.1, -0.05) is 11.6 Å². The molecule has 0 aliphatic rings. The van der Waals surface area contributed by atoms with Gasteiger partial charge in [-0.05, 0) is 12.1 Å². The standard InChI is InChI=1S/C16H16ClN3O2/c1-18-10-4-5-20-9-13(19-16(20)6-10)11-7-12(17)15(22-3)8-14(11)21-2/h4-9,18H,1-3H3. The second-order valence-corrected chi connectivity index (χ2v) is 5.15. The molecule has 22 heavy (non-hydrogen) atoms. The molecule has 0 unspecified atom stereocenters. The fourth-order valence-electron chi connectivity index (χ4n) is 2.33. The Labute approximate surface area is 133 Å². The lowest BCUT2D eigenvalue weighted by Crippen LogP contribution is -1.91. The van der Waals surface area contributed by atoms with Crippen LogP contribution in [0.1, 0.15) is 0 Å². The fourth-order valence-corrected chi connectivity index (χ4v) is 2.57. The summed E-state index contributed by atoms with van der Waals surface area (Å²) in [5.74, 6) is 1.24. The molecule has 0 atom stereocenters. The van der Waals surface area contributed by atoms with E-state index in [9.17, 15) is 0 Å². The molecular formula is C16H16ClN3O2. The number of nitrogens with one attached hydrogen (secondary N) is 1. The number of rotatable bonds is 4. The van der Waals surface area contributed by atoms with Gasteiger partial charge in [-0.3, -0.25) is 0 Å². The normalized spacial score (nSPS) is 10.7. The molecule has 3 rings (SSSR count). The predicted octanol–water partition coefficient (Wildman–Crippen LogP) is 3.71. The molecule has 0 aliphatic carbocycles. The number of imidazole rings is 1. The van der Waals surface area contributed by atoms with E-state index in [2.05, 4.69) is 10.3 Å². The summed E-state index contributed by atoms with van der Waals surface area (Å²) in [6.45, 7) is 0. The summed E-state index contributed by atoms with van der Waals surface area (Å²) in [6, 6.07) is 7.53. The van der Waals surface area contributed by atoms with Gasteiger partial charge in [0.1, 0.15) is 17.1 Å². The number of hydrogen-bond donors (Lipinski definition) is 1. The predicted molar refractivity (Wildman–Crippen MR) is 88.3 cm³/mol. The number of hydrogen-bond acceptors (Lipinski definition) is 4. The van der Waals surface area contributed by atoms with Gasteiger partial charge in [0.2, 0.25) is 0 Å². The average molecular weight is 318 g/mol. The summed E-state index contributed by atoms with van der Waals surface area (Å²) in [7, 11) is 5.06. The maximum Gasteiger partial charge on any atom is 0.141 e. The number of aromatic nitrogens is 2. The van der Waals surface area contributed by atoms with Crippen LogP contribution in [0.25, 0.3) is 16.9 Å². The molecule has 0 saturated heterocycles. The first kappa shape index (κ1) is 14.5. The lowest BCUT2D eigenvalue weighted by Gasteiger charge is -2.10. The number of ether oxygens (including phenoxy) is 2. The number of halogens is 1. The first-order valence-corrected chi connectivity index (χ1v) is 7.12. The Morgan fingerprint density at radius 3 is 2.59 bits per heavy atom. The van der Waals surface area contributed by atoms with Crippen LogP contribution in [0, 0.1) is 0 Å². The topological polar surface area (TPSA) is 47.8 Å². The molecule has 0 fully saturated rings. The Morgan fingerprint density at radius 2 is 1.91 bits per heavy atom. The van der Waals surface area contributed by atoms with Crippen LogP contribution in [0.2, 0.25) is 5.02 Å².